The lowest BCUT2D eigenvalue weighted by atomic mass is 9.94. The van der Waals surface area contributed by atoms with Crippen molar-refractivity contribution in [3.63, 3.8) is 0 Å². The highest BCUT2D eigenvalue weighted by Gasteiger charge is 2.30. The van der Waals surface area contributed by atoms with Gasteiger partial charge in [-0.3, -0.25) is 14.9 Å². The summed E-state index contributed by atoms with van der Waals surface area (Å²) in [6, 6.07) is 16.0. The molecule has 0 radical (unpaired) electrons. The zero-order valence-electron chi connectivity index (χ0n) is 22.4. The minimum atomic E-state index is -4.37. The van der Waals surface area contributed by atoms with Gasteiger partial charge in [0, 0.05) is 19.2 Å². The van der Waals surface area contributed by atoms with Gasteiger partial charge < -0.3 is 10.6 Å². The zero-order valence-corrected chi connectivity index (χ0v) is 22.4. The molecule has 214 valence electrons. The average molecular weight is 567 g/mol. The first-order valence-electron chi connectivity index (χ1n) is 12.9. The Labute approximate surface area is 234 Å². The summed E-state index contributed by atoms with van der Waals surface area (Å²) >= 11 is 0. The smallest absolute Gasteiger partial charge is 0.363 e. The molecule has 41 heavy (non-hydrogen) atoms. The van der Waals surface area contributed by atoms with Gasteiger partial charge in [0.25, 0.3) is 11.9 Å². The van der Waals surface area contributed by atoms with Crippen LogP contribution in [0.25, 0.3) is 11.1 Å². The van der Waals surface area contributed by atoms with Crippen LogP contribution in [-0.2, 0) is 11.0 Å². The van der Waals surface area contributed by atoms with E-state index in [0.717, 1.165) is 29.7 Å². The van der Waals surface area contributed by atoms with Gasteiger partial charge in [0.1, 0.15) is 5.82 Å². The average Bonchev–Trinajstić information content (AvgIpc) is 3.45. The number of hydrogen-bond acceptors (Lipinski definition) is 7. The summed E-state index contributed by atoms with van der Waals surface area (Å²) < 4.78 is 38.7. The first kappa shape index (κ1) is 29.2. The van der Waals surface area contributed by atoms with Gasteiger partial charge in [-0.1, -0.05) is 55.3 Å². The third-order valence-electron chi connectivity index (χ3n) is 6.15. The summed E-state index contributed by atoms with van der Waals surface area (Å²) in [6.07, 6.45) is -2.09. The maximum Gasteiger partial charge on any atom is 0.416 e. The van der Waals surface area contributed by atoms with Crippen molar-refractivity contribution in [1.82, 2.24) is 30.9 Å². The normalized spacial score (nSPS) is 12.1. The van der Waals surface area contributed by atoms with Crippen LogP contribution in [0.2, 0.25) is 0 Å². The molecule has 4 N–H and O–H groups in total. The van der Waals surface area contributed by atoms with Crippen LogP contribution >= 0.6 is 0 Å². The lowest BCUT2D eigenvalue weighted by Crippen LogP contribution is -2.28. The summed E-state index contributed by atoms with van der Waals surface area (Å²) in [5.74, 6) is 0.268. The van der Waals surface area contributed by atoms with Crippen LogP contribution in [0.3, 0.4) is 0 Å². The molecule has 0 aliphatic rings. The number of alkyl halides is 3. The van der Waals surface area contributed by atoms with Crippen LogP contribution in [0, 0.1) is 5.92 Å². The van der Waals surface area contributed by atoms with Crippen molar-refractivity contribution in [2.24, 2.45) is 5.92 Å². The molecular formula is C28H29F3N8O2. The van der Waals surface area contributed by atoms with Crippen LogP contribution in [0.15, 0.2) is 66.9 Å². The largest absolute Gasteiger partial charge is 0.416 e. The van der Waals surface area contributed by atoms with Gasteiger partial charge in [0.15, 0.2) is 0 Å². The highest BCUT2D eigenvalue weighted by Crippen LogP contribution is 2.32. The number of anilines is 2. The number of hydrogen-bond donors (Lipinski definition) is 4. The molecule has 13 heteroatoms. The number of aromatic nitrogens is 5. The molecular weight excluding hydrogens is 537 g/mol. The van der Waals surface area contributed by atoms with Gasteiger partial charge in [-0.05, 0) is 58.5 Å². The lowest BCUT2D eigenvalue weighted by Gasteiger charge is -2.22. The Morgan fingerprint density at radius 2 is 1.63 bits per heavy atom. The van der Waals surface area contributed by atoms with Gasteiger partial charge in [0.2, 0.25) is 5.91 Å². The number of pyridine rings is 1. The summed E-state index contributed by atoms with van der Waals surface area (Å²) in [5.41, 5.74) is 2.17. The van der Waals surface area contributed by atoms with Gasteiger partial charge in [-0.2, -0.15) is 18.4 Å². The third kappa shape index (κ3) is 8.34. The fraction of sp³-hybridized carbons (Fsp3) is 0.286. The molecule has 10 nitrogen and oxygen atoms in total. The molecule has 4 aromatic rings. The standard InChI is InChI=1S/C28H29F3N8O2/c1-17(2)15-23(20-5-3-18(4-6-20)19-7-10-22(11-8-19)28(29,30)31)34-24-12-9-21(16-33-24)26(41)32-14-13-25(40)35-27-36-38-39-37-27/h3-12,16-17,23H,13-15H2,1-2H3,(H,32,41)(H,33,34)(H2,35,36,37,38,39,40). The Hall–Kier alpha value is -4.81. The van der Waals surface area contributed by atoms with E-state index < -0.39 is 11.7 Å². The molecule has 0 spiro atoms. The molecule has 0 aliphatic heterocycles. The van der Waals surface area contributed by atoms with E-state index >= 15 is 0 Å². The minimum absolute atomic E-state index is 0.0297. The van der Waals surface area contributed by atoms with Crippen LogP contribution in [0.4, 0.5) is 24.9 Å². The van der Waals surface area contributed by atoms with Gasteiger partial charge in [-0.25, -0.2) is 4.98 Å². The second kappa shape index (κ2) is 13.0. The van der Waals surface area contributed by atoms with Gasteiger partial charge in [-0.15, -0.1) is 5.10 Å². The number of halogens is 3. The number of carbonyl (C=O) groups excluding carboxylic acids is 2. The Morgan fingerprint density at radius 1 is 0.951 bits per heavy atom. The molecule has 0 aliphatic carbocycles. The first-order chi connectivity index (χ1) is 19.6. The maximum atomic E-state index is 12.9. The number of H-pyrrole nitrogens is 1. The first-order valence-corrected chi connectivity index (χ1v) is 12.9. The van der Waals surface area contributed by atoms with Gasteiger partial charge in [0.05, 0.1) is 17.2 Å². The van der Waals surface area contributed by atoms with E-state index in [9.17, 15) is 22.8 Å². The van der Waals surface area contributed by atoms with Crippen LogP contribution in [0.5, 0.6) is 0 Å². The van der Waals surface area contributed by atoms with E-state index in [1.807, 2.05) is 24.3 Å². The Balaban J connectivity index is 1.35. The number of nitrogens with zero attached hydrogens (tertiary/aromatic N) is 4. The highest BCUT2D eigenvalue weighted by molar-refractivity contribution is 5.94. The van der Waals surface area contributed by atoms with E-state index in [-0.39, 0.29) is 36.8 Å². The molecule has 0 bridgehead atoms. The van der Waals surface area contributed by atoms with Gasteiger partial charge >= 0.3 is 6.18 Å². The molecule has 4 rings (SSSR count). The number of tetrazole rings is 1. The quantitative estimate of drug-likeness (QED) is 0.195. The number of nitrogens with one attached hydrogen (secondary N) is 4. The second-order valence-electron chi connectivity index (χ2n) is 9.75. The summed E-state index contributed by atoms with van der Waals surface area (Å²) in [6.45, 7) is 4.32. The van der Waals surface area contributed by atoms with E-state index in [4.69, 9.17) is 0 Å². The summed E-state index contributed by atoms with van der Waals surface area (Å²) in [7, 11) is 0. The van der Waals surface area contributed by atoms with Crippen LogP contribution in [0.1, 0.15) is 54.2 Å². The predicted octanol–water partition coefficient (Wildman–Crippen LogP) is 5.24. The number of carbonyl (C=O) groups is 2. The Kier molecular flexibility index (Phi) is 9.27. The molecule has 0 saturated heterocycles. The number of amides is 2. The topological polar surface area (TPSA) is 138 Å². The van der Waals surface area contributed by atoms with Crippen molar-refractivity contribution in [1.29, 1.82) is 0 Å². The van der Waals surface area contributed by atoms with Crippen molar-refractivity contribution in [3.05, 3.63) is 83.6 Å². The molecule has 2 aromatic heterocycles. The van der Waals surface area contributed by atoms with E-state index in [2.05, 4.69) is 55.4 Å². The summed E-state index contributed by atoms with van der Waals surface area (Å²) in [4.78, 5) is 28.7. The minimum Gasteiger partial charge on any atom is -0.363 e. The number of rotatable bonds is 11. The molecule has 1 unspecified atom stereocenters. The van der Waals surface area contributed by atoms with Crippen molar-refractivity contribution in [3.8, 4) is 11.1 Å². The molecule has 2 amide bonds. The van der Waals surface area contributed by atoms with Crippen LogP contribution in [-0.4, -0.2) is 44.0 Å². The number of aromatic amines is 1. The van der Waals surface area contributed by atoms with E-state index in [1.54, 1.807) is 12.1 Å². The Morgan fingerprint density at radius 3 is 2.20 bits per heavy atom. The summed E-state index contributed by atoms with van der Waals surface area (Å²) in [5, 5.41) is 21.3. The van der Waals surface area contributed by atoms with E-state index in [0.29, 0.717) is 22.9 Å². The third-order valence-corrected chi connectivity index (χ3v) is 6.15. The lowest BCUT2D eigenvalue weighted by molar-refractivity contribution is -0.137. The van der Waals surface area contributed by atoms with Crippen LogP contribution < -0.4 is 16.0 Å². The molecule has 2 heterocycles. The SMILES string of the molecule is CC(C)CC(Nc1ccc(C(=O)NCCC(=O)Nc2nn[nH]n2)cn1)c1ccc(-c2ccc(C(F)(F)F)cc2)cc1. The maximum absolute atomic E-state index is 12.9. The molecule has 0 saturated carbocycles. The fourth-order valence-electron chi connectivity index (χ4n) is 4.09. The highest BCUT2D eigenvalue weighted by atomic mass is 19.4. The van der Waals surface area contributed by atoms with Crippen molar-refractivity contribution >= 4 is 23.6 Å². The molecule has 1 atom stereocenters. The monoisotopic (exact) mass is 566 g/mol. The Bertz CT molecular complexity index is 1420. The second-order valence-corrected chi connectivity index (χ2v) is 9.75. The fourth-order valence-corrected chi connectivity index (χ4v) is 4.09. The zero-order chi connectivity index (χ0) is 29.4. The van der Waals surface area contributed by atoms with Crippen molar-refractivity contribution in [2.75, 3.05) is 17.2 Å². The van der Waals surface area contributed by atoms with E-state index in [1.165, 1.54) is 18.3 Å². The van der Waals surface area contributed by atoms with Crippen molar-refractivity contribution < 1.29 is 22.8 Å². The van der Waals surface area contributed by atoms with Crippen molar-refractivity contribution in [2.45, 2.75) is 38.9 Å². The number of benzene rings is 2. The molecule has 2 aromatic carbocycles. The predicted molar refractivity (Wildman–Crippen MR) is 147 cm³/mol. The molecule has 0 fully saturated rings.